The molecule has 0 spiro atoms. The predicted octanol–water partition coefficient (Wildman–Crippen LogP) is 1.49. The van der Waals surface area contributed by atoms with E-state index in [0.29, 0.717) is 23.7 Å². The van der Waals surface area contributed by atoms with E-state index in [0.717, 1.165) is 26.1 Å². The van der Waals surface area contributed by atoms with Gasteiger partial charge in [-0.15, -0.1) is 0 Å². The topological polar surface area (TPSA) is 32.3 Å². The van der Waals surface area contributed by atoms with Crippen LogP contribution in [0.25, 0.3) is 0 Å². The Kier molecular flexibility index (Phi) is 3.85. The molecule has 1 amide bonds. The van der Waals surface area contributed by atoms with Crippen LogP contribution in [-0.4, -0.2) is 37.0 Å². The van der Waals surface area contributed by atoms with Crippen LogP contribution in [0, 0.1) is 17.8 Å². The molecule has 0 radical (unpaired) electrons. The van der Waals surface area contributed by atoms with Crippen molar-refractivity contribution in [1.82, 2.24) is 10.2 Å². The molecule has 1 N–H and O–H groups in total. The first-order chi connectivity index (χ1) is 7.70. The second kappa shape index (κ2) is 5.17. The molecule has 0 aromatic rings. The molecule has 92 valence electrons. The fraction of sp³-hybridized carbons (Fsp3) is 0.923. The van der Waals surface area contributed by atoms with Gasteiger partial charge >= 0.3 is 0 Å². The molecule has 0 bridgehead atoms. The average Bonchev–Trinajstić information content (AvgIpc) is 3.04. The largest absolute Gasteiger partial charge is 0.356 e. The van der Waals surface area contributed by atoms with E-state index in [9.17, 15) is 4.79 Å². The van der Waals surface area contributed by atoms with Crippen molar-refractivity contribution in [3.63, 3.8) is 0 Å². The van der Waals surface area contributed by atoms with Crippen molar-refractivity contribution in [2.24, 2.45) is 17.8 Å². The Hall–Kier alpha value is -0.570. The highest BCUT2D eigenvalue weighted by Gasteiger charge is 2.39. The molecule has 2 rings (SSSR count). The average molecular weight is 224 g/mol. The minimum Gasteiger partial charge on any atom is -0.356 e. The van der Waals surface area contributed by atoms with Crippen molar-refractivity contribution in [1.29, 1.82) is 0 Å². The lowest BCUT2D eigenvalue weighted by molar-refractivity contribution is -0.122. The van der Waals surface area contributed by atoms with E-state index in [2.05, 4.69) is 24.1 Å². The maximum absolute atomic E-state index is 11.7. The highest BCUT2D eigenvalue weighted by molar-refractivity contribution is 5.81. The Balaban J connectivity index is 1.67. The summed E-state index contributed by atoms with van der Waals surface area (Å²) in [6.07, 6.45) is 3.66. The summed E-state index contributed by atoms with van der Waals surface area (Å²) in [6.45, 7) is 8.80. The van der Waals surface area contributed by atoms with E-state index in [1.165, 1.54) is 19.4 Å². The van der Waals surface area contributed by atoms with Gasteiger partial charge in [0.25, 0.3) is 0 Å². The zero-order chi connectivity index (χ0) is 11.5. The third kappa shape index (κ3) is 2.97. The molecule has 0 aromatic carbocycles. The SMILES string of the molecule is CCN1CCC[C@H](CNC(=O)[C@@H]2C[C@H]2C)C1. The van der Waals surface area contributed by atoms with Crippen molar-refractivity contribution in [2.45, 2.75) is 33.1 Å². The first-order valence-corrected chi connectivity index (χ1v) is 6.70. The van der Waals surface area contributed by atoms with Crippen molar-refractivity contribution in [3.8, 4) is 0 Å². The van der Waals surface area contributed by atoms with Gasteiger partial charge in [0.1, 0.15) is 0 Å². The Morgan fingerprint density at radius 3 is 2.88 bits per heavy atom. The summed E-state index contributed by atoms with van der Waals surface area (Å²) < 4.78 is 0. The fourth-order valence-electron chi connectivity index (χ4n) is 2.67. The quantitative estimate of drug-likeness (QED) is 0.784. The van der Waals surface area contributed by atoms with Crippen molar-refractivity contribution in [2.75, 3.05) is 26.2 Å². The van der Waals surface area contributed by atoms with Gasteiger partial charge in [-0.05, 0) is 44.2 Å². The highest BCUT2D eigenvalue weighted by atomic mass is 16.2. The zero-order valence-corrected chi connectivity index (χ0v) is 10.5. The summed E-state index contributed by atoms with van der Waals surface area (Å²) in [4.78, 5) is 14.2. The fourth-order valence-corrected chi connectivity index (χ4v) is 2.67. The summed E-state index contributed by atoms with van der Waals surface area (Å²) in [7, 11) is 0. The van der Waals surface area contributed by atoms with Crippen LogP contribution in [-0.2, 0) is 4.79 Å². The Labute approximate surface area is 98.6 Å². The molecule has 2 fully saturated rings. The number of likely N-dealkylation sites (tertiary alicyclic amines) is 1. The number of rotatable bonds is 4. The van der Waals surface area contributed by atoms with Crippen LogP contribution in [0.3, 0.4) is 0 Å². The molecule has 3 heteroatoms. The maximum atomic E-state index is 11.7. The summed E-state index contributed by atoms with van der Waals surface area (Å²) >= 11 is 0. The van der Waals surface area contributed by atoms with Crippen molar-refractivity contribution >= 4 is 5.91 Å². The van der Waals surface area contributed by atoms with E-state index in [4.69, 9.17) is 0 Å². The smallest absolute Gasteiger partial charge is 0.223 e. The Morgan fingerprint density at radius 1 is 1.50 bits per heavy atom. The van der Waals surface area contributed by atoms with Crippen LogP contribution in [0.5, 0.6) is 0 Å². The van der Waals surface area contributed by atoms with Crippen LogP contribution in [0.1, 0.15) is 33.1 Å². The van der Waals surface area contributed by atoms with Crippen molar-refractivity contribution < 1.29 is 4.79 Å². The third-order valence-electron chi connectivity index (χ3n) is 4.06. The lowest BCUT2D eigenvalue weighted by Crippen LogP contribution is -2.41. The molecule has 3 atom stereocenters. The van der Waals surface area contributed by atoms with E-state index in [1.807, 2.05) is 0 Å². The van der Waals surface area contributed by atoms with E-state index >= 15 is 0 Å². The minimum absolute atomic E-state index is 0.293. The monoisotopic (exact) mass is 224 g/mol. The highest BCUT2D eigenvalue weighted by Crippen LogP contribution is 2.37. The van der Waals surface area contributed by atoms with Crippen LogP contribution in [0.15, 0.2) is 0 Å². The molecule has 1 aliphatic carbocycles. The van der Waals surface area contributed by atoms with E-state index in [1.54, 1.807) is 0 Å². The van der Waals surface area contributed by atoms with E-state index in [-0.39, 0.29) is 0 Å². The first kappa shape index (κ1) is 11.9. The molecule has 16 heavy (non-hydrogen) atoms. The van der Waals surface area contributed by atoms with Crippen LogP contribution < -0.4 is 5.32 Å². The van der Waals surface area contributed by atoms with Gasteiger partial charge < -0.3 is 10.2 Å². The van der Waals surface area contributed by atoms with Crippen LogP contribution in [0.2, 0.25) is 0 Å². The Bertz CT molecular complexity index is 254. The number of piperidine rings is 1. The molecule has 0 aromatic heterocycles. The number of hydrogen-bond donors (Lipinski definition) is 1. The maximum Gasteiger partial charge on any atom is 0.223 e. The number of amides is 1. The second-order valence-corrected chi connectivity index (χ2v) is 5.47. The number of carbonyl (C=O) groups excluding carboxylic acids is 1. The zero-order valence-electron chi connectivity index (χ0n) is 10.5. The summed E-state index contributed by atoms with van der Waals surface area (Å²) in [5, 5.41) is 3.12. The van der Waals surface area contributed by atoms with Gasteiger partial charge in [-0.2, -0.15) is 0 Å². The number of hydrogen-bond acceptors (Lipinski definition) is 2. The number of nitrogens with one attached hydrogen (secondary N) is 1. The molecular formula is C13H24N2O. The van der Waals surface area contributed by atoms with Crippen LogP contribution in [0.4, 0.5) is 0 Å². The predicted molar refractivity (Wildman–Crippen MR) is 65.1 cm³/mol. The standard InChI is InChI=1S/C13H24N2O/c1-3-15-6-4-5-11(9-15)8-14-13(16)12-7-10(12)2/h10-12H,3-9H2,1-2H3,(H,14,16)/t10-,11-,12-/m1/s1. The minimum atomic E-state index is 0.293. The Morgan fingerprint density at radius 2 is 2.25 bits per heavy atom. The van der Waals surface area contributed by atoms with Crippen molar-refractivity contribution in [3.05, 3.63) is 0 Å². The van der Waals surface area contributed by atoms with Gasteiger partial charge in [-0.25, -0.2) is 0 Å². The van der Waals surface area contributed by atoms with E-state index < -0.39 is 0 Å². The summed E-state index contributed by atoms with van der Waals surface area (Å²) in [6, 6.07) is 0. The molecule has 3 nitrogen and oxygen atoms in total. The lowest BCUT2D eigenvalue weighted by Gasteiger charge is -2.31. The summed E-state index contributed by atoms with van der Waals surface area (Å²) in [5.74, 6) is 1.91. The molecule has 1 heterocycles. The number of carbonyl (C=O) groups is 1. The van der Waals surface area contributed by atoms with Gasteiger partial charge in [0.15, 0.2) is 0 Å². The van der Waals surface area contributed by atoms with Gasteiger partial charge in [0.05, 0.1) is 0 Å². The molecule has 2 aliphatic rings. The normalized spacial score (nSPS) is 34.8. The van der Waals surface area contributed by atoms with Gasteiger partial charge in [-0.1, -0.05) is 13.8 Å². The summed E-state index contributed by atoms with van der Waals surface area (Å²) in [5.41, 5.74) is 0. The van der Waals surface area contributed by atoms with Gasteiger partial charge in [0.2, 0.25) is 5.91 Å². The van der Waals surface area contributed by atoms with Crippen LogP contribution >= 0.6 is 0 Å². The molecule has 1 saturated carbocycles. The molecular weight excluding hydrogens is 200 g/mol. The molecule has 0 unspecified atom stereocenters. The molecule has 1 saturated heterocycles. The van der Waals surface area contributed by atoms with Gasteiger partial charge in [-0.3, -0.25) is 4.79 Å². The van der Waals surface area contributed by atoms with Gasteiger partial charge in [0, 0.05) is 19.0 Å². The first-order valence-electron chi connectivity index (χ1n) is 6.70. The number of nitrogens with zero attached hydrogens (tertiary/aromatic N) is 1. The second-order valence-electron chi connectivity index (χ2n) is 5.47. The third-order valence-corrected chi connectivity index (χ3v) is 4.06. The lowest BCUT2D eigenvalue weighted by atomic mass is 9.98. The molecule has 1 aliphatic heterocycles.